The molecule has 1 atom stereocenters. The maximum atomic E-state index is 11.0. The van der Waals surface area contributed by atoms with E-state index in [1.165, 1.54) is 0 Å². The molecule has 0 saturated heterocycles. The molecule has 0 fully saturated rings. The van der Waals surface area contributed by atoms with E-state index in [1.54, 1.807) is 6.92 Å². The molecular weight excluding hydrogens is 300 g/mol. The smallest absolute Gasteiger partial charge is 0.129 e. The Bertz CT molecular complexity index is 490. The third-order valence-electron chi connectivity index (χ3n) is 4.65. The largest absolute Gasteiger partial charge is 0.390 e. The van der Waals surface area contributed by atoms with Crippen LogP contribution in [0.25, 0.3) is 0 Å². The molecule has 2 N–H and O–H groups in total. The number of Topliss-reactive ketones (excluding diaryl/α,β-unsaturated/α-hetero) is 1. The van der Waals surface area contributed by atoms with Crippen molar-refractivity contribution in [1.82, 2.24) is 0 Å². The van der Waals surface area contributed by atoms with E-state index in [0.717, 1.165) is 49.7 Å². The van der Waals surface area contributed by atoms with Crippen molar-refractivity contribution in [2.24, 2.45) is 0 Å². The van der Waals surface area contributed by atoms with Gasteiger partial charge in [0.25, 0.3) is 0 Å². The van der Waals surface area contributed by atoms with E-state index in [1.807, 2.05) is 18.2 Å². The SMILES string of the molecule is CCCC(O)(CCC)CCc1cccc([C@H](O)CCCC(C)=O)c1. The first-order valence-corrected chi connectivity index (χ1v) is 9.39. The summed E-state index contributed by atoms with van der Waals surface area (Å²) in [6, 6.07) is 8.00. The highest BCUT2D eigenvalue weighted by molar-refractivity contribution is 5.75. The molecule has 1 aromatic carbocycles. The Morgan fingerprint density at radius 3 is 2.42 bits per heavy atom. The van der Waals surface area contributed by atoms with Crippen LogP contribution in [0.1, 0.15) is 89.4 Å². The third-order valence-corrected chi connectivity index (χ3v) is 4.65. The summed E-state index contributed by atoms with van der Waals surface area (Å²) in [5.74, 6) is 0.169. The van der Waals surface area contributed by atoms with Gasteiger partial charge < -0.3 is 15.0 Å². The van der Waals surface area contributed by atoms with Crippen LogP contribution in [0.15, 0.2) is 24.3 Å². The van der Waals surface area contributed by atoms with Crippen LogP contribution < -0.4 is 0 Å². The lowest BCUT2D eigenvalue weighted by molar-refractivity contribution is -0.117. The molecule has 0 aromatic heterocycles. The molecule has 1 aromatic rings. The number of hydrogen-bond acceptors (Lipinski definition) is 3. The van der Waals surface area contributed by atoms with E-state index in [0.29, 0.717) is 19.3 Å². The molecule has 0 unspecified atom stereocenters. The summed E-state index contributed by atoms with van der Waals surface area (Å²) in [5.41, 5.74) is 1.49. The van der Waals surface area contributed by atoms with E-state index in [4.69, 9.17) is 0 Å². The minimum Gasteiger partial charge on any atom is -0.390 e. The predicted octanol–water partition coefficient (Wildman–Crippen LogP) is 4.74. The van der Waals surface area contributed by atoms with Crippen LogP contribution in [-0.4, -0.2) is 21.6 Å². The van der Waals surface area contributed by atoms with E-state index >= 15 is 0 Å². The van der Waals surface area contributed by atoms with Crippen molar-refractivity contribution in [2.45, 2.75) is 90.3 Å². The van der Waals surface area contributed by atoms with Crippen molar-refractivity contribution < 1.29 is 15.0 Å². The molecule has 0 saturated carbocycles. The van der Waals surface area contributed by atoms with Gasteiger partial charge in [-0.15, -0.1) is 0 Å². The molecule has 0 bridgehead atoms. The topological polar surface area (TPSA) is 57.5 Å². The van der Waals surface area contributed by atoms with Gasteiger partial charge in [-0.1, -0.05) is 51.0 Å². The molecule has 0 heterocycles. The van der Waals surface area contributed by atoms with Crippen LogP contribution in [0.4, 0.5) is 0 Å². The Balaban J connectivity index is 2.62. The van der Waals surface area contributed by atoms with Crippen molar-refractivity contribution >= 4 is 5.78 Å². The number of benzene rings is 1. The minimum absolute atomic E-state index is 0.169. The first-order chi connectivity index (χ1) is 11.4. The van der Waals surface area contributed by atoms with Gasteiger partial charge in [-0.05, 0) is 56.6 Å². The third kappa shape index (κ3) is 7.59. The second-order valence-electron chi connectivity index (χ2n) is 7.08. The molecule has 24 heavy (non-hydrogen) atoms. The average molecular weight is 335 g/mol. The molecule has 0 aliphatic carbocycles. The Kier molecular flexibility index (Phi) is 9.24. The zero-order valence-corrected chi connectivity index (χ0v) is 15.6. The van der Waals surface area contributed by atoms with Gasteiger partial charge in [0.2, 0.25) is 0 Å². The number of carbonyl (C=O) groups excluding carboxylic acids is 1. The normalized spacial score (nSPS) is 13.0. The summed E-state index contributed by atoms with van der Waals surface area (Å²) in [7, 11) is 0. The van der Waals surface area contributed by atoms with Gasteiger partial charge in [0, 0.05) is 6.42 Å². The number of carbonyl (C=O) groups is 1. The van der Waals surface area contributed by atoms with Crippen molar-refractivity contribution in [2.75, 3.05) is 0 Å². The van der Waals surface area contributed by atoms with Crippen LogP contribution in [-0.2, 0) is 11.2 Å². The summed E-state index contributed by atoms with van der Waals surface area (Å²) < 4.78 is 0. The quantitative estimate of drug-likeness (QED) is 0.580. The zero-order valence-electron chi connectivity index (χ0n) is 15.6. The van der Waals surface area contributed by atoms with Gasteiger partial charge >= 0.3 is 0 Å². The fourth-order valence-electron chi connectivity index (χ4n) is 3.35. The maximum absolute atomic E-state index is 11.0. The zero-order chi connectivity index (χ0) is 18.0. The van der Waals surface area contributed by atoms with Crippen molar-refractivity contribution in [1.29, 1.82) is 0 Å². The lowest BCUT2D eigenvalue weighted by Gasteiger charge is -2.27. The first-order valence-electron chi connectivity index (χ1n) is 9.39. The monoisotopic (exact) mass is 334 g/mol. The van der Waals surface area contributed by atoms with Gasteiger partial charge in [0.15, 0.2) is 0 Å². The molecule has 0 aliphatic heterocycles. The Labute approximate surface area is 147 Å². The number of hydrogen-bond donors (Lipinski definition) is 2. The number of aryl methyl sites for hydroxylation is 1. The van der Waals surface area contributed by atoms with Crippen LogP contribution in [0.2, 0.25) is 0 Å². The lowest BCUT2D eigenvalue weighted by Crippen LogP contribution is -2.28. The second-order valence-corrected chi connectivity index (χ2v) is 7.08. The summed E-state index contributed by atoms with van der Waals surface area (Å²) in [5, 5.41) is 21.0. The fourth-order valence-corrected chi connectivity index (χ4v) is 3.35. The van der Waals surface area contributed by atoms with Crippen LogP contribution in [0, 0.1) is 0 Å². The van der Waals surface area contributed by atoms with E-state index in [-0.39, 0.29) is 5.78 Å². The highest BCUT2D eigenvalue weighted by atomic mass is 16.3. The first kappa shape index (κ1) is 20.9. The average Bonchev–Trinajstić information content (AvgIpc) is 2.53. The molecule has 0 radical (unpaired) electrons. The van der Waals surface area contributed by atoms with Gasteiger partial charge in [-0.3, -0.25) is 0 Å². The van der Waals surface area contributed by atoms with Crippen LogP contribution in [0.5, 0.6) is 0 Å². The van der Waals surface area contributed by atoms with Gasteiger partial charge in [-0.25, -0.2) is 0 Å². The predicted molar refractivity (Wildman–Crippen MR) is 99.0 cm³/mol. The van der Waals surface area contributed by atoms with E-state index in [2.05, 4.69) is 19.9 Å². The molecule has 0 amide bonds. The number of aliphatic hydroxyl groups is 2. The van der Waals surface area contributed by atoms with Gasteiger partial charge in [0.05, 0.1) is 11.7 Å². The van der Waals surface area contributed by atoms with Crippen molar-refractivity contribution in [3.05, 3.63) is 35.4 Å². The van der Waals surface area contributed by atoms with Crippen molar-refractivity contribution in [3.63, 3.8) is 0 Å². The molecule has 136 valence electrons. The Hall–Kier alpha value is -1.19. The Morgan fingerprint density at radius 1 is 1.17 bits per heavy atom. The summed E-state index contributed by atoms with van der Waals surface area (Å²) in [6.07, 6.45) is 6.58. The molecule has 3 nitrogen and oxygen atoms in total. The molecule has 3 heteroatoms. The van der Waals surface area contributed by atoms with Crippen LogP contribution in [0.3, 0.4) is 0 Å². The van der Waals surface area contributed by atoms with Gasteiger partial charge in [0.1, 0.15) is 5.78 Å². The van der Waals surface area contributed by atoms with Gasteiger partial charge in [-0.2, -0.15) is 0 Å². The Morgan fingerprint density at radius 2 is 1.83 bits per heavy atom. The number of ketones is 1. The van der Waals surface area contributed by atoms with Crippen LogP contribution >= 0.6 is 0 Å². The second kappa shape index (κ2) is 10.6. The van der Waals surface area contributed by atoms with E-state index in [9.17, 15) is 15.0 Å². The molecule has 0 spiro atoms. The summed E-state index contributed by atoms with van der Waals surface area (Å²) in [6.45, 7) is 5.80. The summed E-state index contributed by atoms with van der Waals surface area (Å²) >= 11 is 0. The molecule has 0 aliphatic rings. The van der Waals surface area contributed by atoms with Crippen molar-refractivity contribution in [3.8, 4) is 0 Å². The molecule has 1 rings (SSSR count). The number of rotatable bonds is 12. The number of aliphatic hydroxyl groups excluding tert-OH is 1. The lowest BCUT2D eigenvalue weighted by atomic mass is 9.86. The standard InChI is InChI=1S/C21H34O3/c1-4-13-21(24,14-5-2)15-12-18-9-7-10-19(16-18)20(23)11-6-8-17(3)22/h7,9-10,16,20,23-24H,4-6,8,11-15H2,1-3H3/t20-/m1/s1. The highest BCUT2D eigenvalue weighted by Gasteiger charge is 2.24. The highest BCUT2D eigenvalue weighted by Crippen LogP contribution is 2.27. The minimum atomic E-state index is -0.570. The summed E-state index contributed by atoms with van der Waals surface area (Å²) in [4.78, 5) is 11.0. The maximum Gasteiger partial charge on any atom is 0.129 e. The fraction of sp³-hybridized carbons (Fsp3) is 0.667. The molecular formula is C21H34O3. The van der Waals surface area contributed by atoms with E-state index < -0.39 is 11.7 Å².